The summed E-state index contributed by atoms with van der Waals surface area (Å²) < 4.78 is 0.814. The standard InChI is InChI=1S/C6H9NS3/c1-3(2)4-5(8)7-6(9)10-4/h3,8H,1-2H3,(H,7,9). The molecule has 1 rings (SSSR count). The summed E-state index contributed by atoms with van der Waals surface area (Å²) in [5.41, 5.74) is 0. The highest BCUT2D eigenvalue weighted by atomic mass is 32.1. The maximum absolute atomic E-state index is 4.95. The molecule has 0 aliphatic carbocycles. The van der Waals surface area contributed by atoms with Gasteiger partial charge in [0.05, 0.1) is 5.03 Å². The Morgan fingerprint density at radius 2 is 2.20 bits per heavy atom. The van der Waals surface area contributed by atoms with Gasteiger partial charge >= 0.3 is 0 Å². The molecule has 0 saturated carbocycles. The van der Waals surface area contributed by atoms with Crippen molar-refractivity contribution in [1.82, 2.24) is 4.98 Å². The Labute approximate surface area is 74.9 Å². The van der Waals surface area contributed by atoms with Gasteiger partial charge in [-0.1, -0.05) is 13.8 Å². The molecule has 56 valence electrons. The summed E-state index contributed by atoms with van der Waals surface area (Å²) in [5, 5.41) is 0.921. The first-order valence-corrected chi connectivity index (χ1v) is 4.70. The van der Waals surface area contributed by atoms with Crippen molar-refractivity contribution >= 4 is 36.2 Å². The molecule has 0 amide bonds. The van der Waals surface area contributed by atoms with Crippen LogP contribution in [-0.4, -0.2) is 4.98 Å². The van der Waals surface area contributed by atoms with E-state index in [9.17, 15) is 0 Å². The predicted octanol–water partition coefficient (Wildman–Crippen LogP) is 3.22. The average molecular weight is 191 g/mol. The minimum atomic E-state index is 0.519. The summed E-state index contributed by atoms with van der Waals surface area (Å²) in [6.45, 7) is 4.27. The third kappa shape index (κ3) is 1.62. The van der Waals surface area contributed by atoms with Gasteiger partial charge in [-0.15, -0.1) is 24.0 Å². The lowest BCUT2D eigenvalue weighted by molar-refractivity contribution is 0.855. The van der Waals surface area contributed by atoms with Crippen molar-refractivity contribution in [3.05, 3.63) is 8.83 Å². The van der Waals surface area contributed by atoms with E-state index in [2.05, 4.69) is 31.5 Å². The first-order chi connectivity index (χ1) is 4.61. The van der Waals surface area contributed by atoms with Crippen LogP contribution in [0.3, 0.4) is 0 Å². The average Bonchev–Trinajstić information content (AvgIpc) is 2.10. The Balaban J connectivity index is 3.15. The Morgan fingerprint density at radius 3 is 2.40 bits per heavy atom. The lowest BCUT2D eigenvalue weighted by atomic mass is 10.2. The van der Waals surface area contributed by atoms with Gasteiger partial charge in [0.1, 0.15) is 0 Å². The fraction of sp³-hybridized carbons (Fsp3) is 0.500. The fourth-order valence-electron chi connectivity index (χ4n) is 0.723. The monoisotopic (exact) mass is 191 g/mol. The van der Waals surface area contributed by atoms with Crippen molar-refractivity contribution in [1.29, 1.82) is 0 Å². The van der Waals surface area contributed by atoms with Crippen LogP contribution in [0.5, 0.6) is 0 Å². The molecule has 0 aromatic carbocycles. The smallest absolute Gasteiger partial charge is 0.159 e. The highest BCUT2D eigenvalue weighted by Gasteiger charge is 2.05. The van der Waals surface area contributed by atoms with Gasteiger partial charge in [-0.3, -0.25) is 0 Å². The van der Waals surface area contributed by atoms with Crippen LogP contribution in [0.4, 0.5) is 0 Å². The number of hydrogen-bond acceptors (Lipinski definition) is 3. The van der Waals surface area contributed by atoms with Crippen LogP contribution in [0.2, 0.25) is 0 Å². The number of aromatic amines is 1. The lowest BCUT2D eigenvalue weighted by Crippen LogP contribution is -1.81. The Bertz CT molecular complexity index is 271. The zero-order chi connectivity index (χ0) is 7.72. The van der Waals surface area contributed by atoms with Gasteiger partial charge in [0.2, 0.25) is 0 Å². The molecule has 0 unspecified atom stereocenters. The normalized spacial score (nSPS) is 10.8. The maximum Gasteiger partial charge on any atom is 0.159 e. The first-order valence-electron chi connectivity index (χ1n) is 3.03. The van der Waals surface area contributed by atoms with Gasteiger partial charge in [-0.2, -0.15) is 0 Å². The van der Waals surface area contributed by atoms with Crippen molar-refractivity contribution in [3.8, 4) is 0 Å². The molecule has 0 bridgehead atoms. The van der Waals surface area contributed by atoms with Crippen LogP contribution in [0.25, 0.3) is 0 Å². The van der Waals surface area contributed by atoms with Crippen molar-refractivity contribution < 1.29 is 0 Å². The number of thiazole rings is 1. The molecule has 1 aromatic heterocycles. The number of nitrogens with one attached hydrogen (secondary N) is 1. The minimum absolute atomic E-state index is 0.519. The van der Waals surface area contributed by atoms with Crippen molar-refractivity contribution in [2.45, 2.75) is 24.8 Å². The van der Waals surface area contributed by atoms with Crippen LogP contribution < -0.4 is 0 Å². The molecular weight excluding hydrogens is 182 g/mol. The molecule has 0 spiro atoms. The molecule has 0 aliphatic heterocycles. The van der Waals surface area contributed by atoms with Crippen molar-refractivity contribution in [2.75, 3.05) is 0 Å². The molecule has 1 N–H and O–H groups in total. The zero-order valence-corrected chi connectivity index (χ0v) is 8.37. The van der Waals surface area contributed by atoms with E-state index in [0.29, 0.717) is 5.92 Å². The van der Waals surface area contributed by atoms with Gasteiger partial charge < -0.3 is 4.98 Å². The van der Waals surface area contributed by atoms with Gasteiger partial charge in [-0.25, -0.2) is 0 Å². The maximum atomic E-state index is 4.95. The van der Waals surface area contributed by atoms with Crippen LogP contribution in [0, 0.1) is 3.95 Å². The van der Waals surface area contributed by atoms with E-state index in [1.54, 1.807) is 11.3 Å². The van der Waals surface area contributed by atoms with Gasteiger partial charge in [-0.05, 0) is 18.1 Å². The van der Waals surface area contributed by atoms with E-state index in [0.717, 1.165) is 8.98 Å². The Kier molecular flexibility index (Phi) is 2.55. The summed E-state index contributed by atoms with van der Waals surface area (Å²) in [4.78, 5) is 4.23. The van der Waals surface area contributed by atoms with E-state index >= 15 is 0 Å². The summed E-state index contributed by atoms with van der Waals surface area (Å²) in [5.74, 6) is 0.519. The summed E-state index contributed by atoms with van der Waals surface area (Å²) in [6, 6.07) is 0. The third-order valence-corrected chi connectivity index (χ3v) is 3.22. The van der Waals surface area contributed by atoms with Crippen molar-refractivity contribution in [3.63, 3.8) is 0 Å². The van der Waals surface area contributed by atoms with Crippen LogP contribution in [0.15, 0.2) is 5.03 Å². The fourth-order valence-corrected chi connectivity index (χ4v) is 2.49. The number of rotatable bonds is 1. The summed E-state index contributed by atoms with van der Waals surface area (Å²) >= 11 is 10.8. The number of aromatic nitrogens is 1. The topological polar surface area (TPSA) is 15.8 Å². The molecule has 10 heavy (non-hydrogen) atoms. The Hall–Kier alpha value is 0.200. The summed E-state index contributed by atoms with van der Waals surface area (Å²) in [6.07, 6.45) is 0. The molecule has 1 heterocycles. The second-order valence-electron chi connectivity index (χ2n) is 2.38. The molecule has 0 saturated heterocycles. The van der Waals surface area contributed by atoms with Gasteiger partial charge in [0.15, 0.2) is 3.95 Å². The second-order valence-corrected chi connectivity index (χ2v) is 4.55. The van der Waals surface area contributed by atoms with Gasteiger partial charge in [0, 0.05) is 4.88 Å². The van der Waals surface area contributed by atoms with E-state index in [-0.39, 0.29) is 0 Å². The minimum Gasteiger partial charge on any atom is -0.332 e. The van der Waals surface area contributed by atoms with Crippen LogP contribution in [-0.2, 0) is 0 Å². The van der Waals surface area contributed by atoms with Gasteiger partial charge in [0.25, 0.3) is 0 Å². The van der Waals surface area contributed by atoms with E-state index in [1.807, 2.05) is 0 Å². The highest BCUT2D eigenvalue weighted by molar-refractivity contribution is 7.80. The lowest BCUT2D eigenvalue weighted by Gasteiger charge is -1.98. The first kappa shape index (κ1) is 8.30. The molecule has 0 atom stereocenters. The molecular formula is C6H9NS3. The van der Waals surface area contributed by atoms with Crippen LogP contribution in [0.1, 0.15) is 24.6 Å². The number of H-pyrrole nitrogens is 1. The second kappa shape index (κ2) is 3.07. The molecule has 0 aliphatic rings. The van der Waals surface area contributed by atoms with Crippen molar-refractivity contribution in [2.24, 2.45) is 0 Å². The number of thiol groups is 1. The molecule has 1 aromatic rings. The quantitative estimate of drug-likeness (QED) is 0.514. The molecule has 1 nitrogen and oxygen atoms in total. The molecule has 0 fully saturated rings. The number of hydrogen-bond donors (Lipinski definition) is 2. The van der Waals surface area contributed by atoms with E-state index in [1.165, 1.54) is 4.88 Å². The van der Waals surface area contributed by atoms with E-state index in [4.69, 9.17) is 12.2 Å². The SMILES string of the molecule is CC(C)c1sc(=S)[nH]c1S. The van der Waals surface area contributed by atoms with E-state index < -0.39 is 0 Å². The molecule has 0 radical (unpaired) electrons. The largest absolute Gasteiger partial charge is 0.332 e. The molecule has 4 heteroatoms. The third-order valence-electron chi connectivity index (χ3n) is 1.18. The predicted molar refractivity (Wildman–Crippen MR) is 50.8 cm³/mol. The Morgan fingerprint density at radius 1 is 1.60 bits per heavy atom. The zero-order valence-electron chi connectivity index (χ0n) is 5.84. The van der Waals surface area contributed by atoms with Crippen LogP contribution >= 0.6 is 36.2 Å². The highest BCUT2D eigenvalue weighted by Crippen LogP contribution is 2.26. The summed E-state index contributed by atoms with van der Waals surface area (Å²) in [7, 11) is 0.